The Morgan fingerprint density at radius 3 is 3.00 bits per heavy atom. The van der Waals surface area contributed by atoms with Crippen LogP contribution >= 0.6 is 0 Å². The molecule has 0 spiro atoms. The average molecular weight is 237 g/mol. The average Bonchev–Trinajstić information content (AvgIpc) is 2.83. The summed E-state index contributed by atoms with van der Waals surface area (Å²) in [5.41, 5.74) is 0. The normalized spacial score (nSPS) is 18.9. The van der Waals surface area contributed by atoms with Gasteiger partial charge in [-0.3, -0.25) is 9.89 Å². The van der Waals surface area contributed by atoms with Crippen molar-refractivity contribution in [3.8, 4) is 0 Å². The first-order valence-electron chi connectivity index (χ1n) is 6.11. The summed E-state index contributed by atoms with van der Waals surface area (Å²) in [5, 5.41) is 12.8. The van der Waals surface area contributed by atoms with Crippen molar-refractivity contribution in [1.82, 2.24) is 25.8 Å². The number of piperidine rings is 1. The number of rotatable bonds is 4. The number of nitrogens with zero attached hydrogens (tertiary/aromatic N) is 2. The van der Waals surface area contributed by atoms with Crippen molar-refractivity contribution in [2.45, 2.75) is 32.2 Å². The van der Waals surface area contributed by atoms with E-state index in [4.69, 9.17) is 0 Å². The molecule has 1 amide bonds. The van der Waals surface area contributed by atoms with Crippen LogP contribution in [0.3, 0.4) is 0 Å². The fourth-order valence-electron chi connectivity index (χ4n) is 2.14. The molecular weight excluding hydrogens is 218 g/mol. The van der Waals surface area contributed by atoms with Crippen molar-refractivity contribution in [3.05, 3.63) is 12.2 Å². The predicted octanol–water partition coefficient (Wildman–Crippen LogP) is 0.372. The van der Waals surface area contributed by atoms with Gasteiger partial charge in [-0.15, -0.1) is 0 Å². The van der Waals surface area contributed by atoms with Crippen molar-refractivity contribution < 1.29 is 4.79 Å². The molecule has 0 aromatic carbocycles. The molecule has 0 radical (unpaired) electrons. The Hall–Kier alpha value is -1.43. The summed E-state index contributed by atoms with van der Waals surface area (Å²) in [4.78, 5) is 15.8. The van der Waals surface area contributed by atoms with E-state index in [1.807, 2.05) is 6.92 Å². The maximum Gasteiger partial charge on any atom is 0.220 e. The zero-order chi connectivity index (χ0) is 12.1. The molecule has 94 valence electrons. The molecule has 1 aliphatic rings. The predicted molar refractivity (Wildman–Crippen MR) is 63.2 cm³/mol. The molecule has 1 aliphatic heterocycles. The number of carbonyl (C=O) groups excluding carboxylic acids is 1. The second kappa shape index (κ2) is 5.77. The molecule has 6 nitrogen and oxygen atoms in total. The molecule has 1 aromatic rings. The topological polar surface area (TPSA) is 82.7 Å². The van der Waals surface area contributed by atoms with E-state index in [9.17, 15) is 4.79 Å². The SMILES string of the molecule is CC(NC(=O)CC1CCNCC1)c1ncn[nH]1. The van der Waals surface area contributed by atoms with Gasteiger partial charge < -0.3 is 10.6 Å². The van der Waals surface area contributed by atoms with Gasteiger partial charge in [0, 0.05) is 6.42 Å². The van der Waals surface area contributed by atoms with Crippen LogP contribution in [-0.2, 0) is 4.79 Å². The van der Waals surface area contributed by atoms with Crippen molar-refractivity contribution in [2.75, 3.05) is 13.1 Å². The van der Waals surface area contributed by atoms with Gasteiger partial charge in [-0.2, -0.15) is 5.10 Å². The second-order valence-corrected chi connectivity index (χ2v) is 4.56. The van der Waals surface area contributed by atoms with Gasteiger partial charge in [0.2, 0.25) is 5.91 Å². The van der Waals surface area contributed by atoms with E-state index in [1.54, 1.807) is 0 Å². The lowest BCUT2D eigenvalue weighted by atomic mass is 9.94. The smallest absolute Gasteiger partial charge is 0.220 e. The van der Waals surface area contributed by atoms with E-state index in [2.05, 4.69) is 25.8 Å². The maximum atomic E-state index is 11.8. The highest BCUT2D eigenvalue weighted by molar-refractivity contribution is 5.76. The molecule has 1 aromatic heterocycles. The molecule has 2 heterocycles. The van der Waals surface area contributed by atoms with Crippen LogP contribution in [0.5, 0.6) is 0 Å². The van der Waals surface area contributed by atoms with Crippen molar-refractivity contribution >= 4 is 5.91 Å². The Balaban J connectivity index is 1.76. The number of hydrogen-bond donors (Lipinski definition) is 3. The zero-order valence-corrected chi connectivity index (χ0v) is 10.1. The Kier molecular flexibility index (Phi) is 4.08. The number of H-pyrrole nitrogens is 1. The largest absolute Gasteiger partial charge is 0.346 e. The number of carbonyl (C=O) groups is 1. The summed E-state index contributed by atoms with van der Waals surface area (Å²) >= 11 is 0. The maximum absolute atomic E-state index is 11.8. The molecule has 0 saturated carbocycles. The van der Waals surface area contributed by atoms with Gasteiger partial charge in [-0.25, -0.2) is 4.98 Å². The minimum Gasteiger partial charge on any atom is -0.346 e. The number of aromatic nitrogens is 3. The molecule has 0 aliphatic carbocycles. The van der Waals surface area contributed by atoms with Crippen LogP contribution in [0.1, 0.15) is 38.1 Å². The lowest BCUT2D eigenvalue weighted by Gasteiger charge is -2.22. The minimum atomic E-state index is -0.105. The zero-order valence-electron chi connectivity index (χ0n) is 10.1. The van der Waals surface area contributed by atoms with Gasteiger partial charge in [-0.05, 0) is 38.8 Å². The van der Waals surface area contributed by atoms with Crippen LogP contribution < -0.4 is 10.6 Å². The monoisotopic (exact) mass is 237 g/mol. The van der Waals surface area contributed by atoms with Crippen LogP contribution in [0.4, 0.5) is 0 Å². The third kappa shape index (κ3) is 3.52. The Labute approximate surface area is 101 Å². The van der Waals surface area contributed by atoms with Gasteiger partial charge in [0.05, 0.1) is 6.04 Å². The lowest BCUT2D eigenvalue weighted by Crippen LogP contribution is -2.33. The number of aromatic amines is 1. The van der Waals surface area contributed by atoms with Crippen LogP contribution in [0.2, 0.25) is 0 Å². The van der Waals surface area contributed by atoms with Crippen LogP contribution in [-0.4, -0.2) is 34.2 Å². The molecule has 1 unspecified atom stereocenters. The molecule has 0 bridgehead atoms. The Morgan fingerprint density at radius 1 is 1.59 bits per heavy atom. The highest BCUT2D eigenvalue weighted by atomic mass is 16.1. The summed E-state index contributed by atoms with van der Waals surface area (Å²) in [5.74, 6) is 1.31. The first kappa shape index (κ1) is 12.0. The number of hydrogen-bond acceptors (Lipinski definition) is 4. The van der Waals surface area contributed by atoms with E-state index in [0.29, 0.717) is 18.2 Å². The van der Waals surface area contributed by atoms with Gasteiger partial charge in [-0.1, -0.05) is 0 Å². The van der Waals surface area contributed by atoms with E-state index in [1.165, 1.54) is 6.33 Å². The summed E-state index contributed by atoms with van der Waals surface area (Å²) in [6.07, 6.45) is 4.24. The third-order valence-corrected chi connectivity index (χ3v) is 3.15. The van der Waals surface area contributed by atoms with Gasteiger partial charge in [0.25, 0.3) is 0 Å². The van der Waals surface area contributed by atoms with E-state index in [0.717, 1.165) is 25.9 Å². The molecule has 1 saturated heterocycles. The molecule has 3 N–H and O–H groups in total. The van der Waals surface area contributed by atoms with Crippen LogP contribution in [0.15, 0.2) is 6.33 Å². The van der Waals surface area contributed by atoms with Gasteiger partial charge in [0.15, 0.2) is 0 Å². The fourth-order valence-corrected chi connectivity index (χ4v) is 2.14. The molecule has 2 rings (SSSR count). The van der Waals surface area contributed by atoms with Gasteiger partial charge >= 0.3 is 0 Å². The quantitative estimate of drug-likeness (QED) is 0.706. The van der Waals surface area contributed by atoms with E-state index >= 15 is 0 Å². The van der Waals surface area contributed by atoms with Crippen molar-refractivity contribution in [1.29, 1.82) is 0 Å². The summed E-state index contributed by atoms with van der Waals surface area (Å²) < 4.78 is 0. The van der Waals surface area contributed by atoms with E-state index < -0.39 is 0 Å². The first-order valence-corrected chi connectivity index (χ1v) is 6.11. The first-order chi connectivity index (χ1) is 8.25. The van der Waals surface area contributed by atoms with Crippen molar-refractivity contribution in [3.63, 3.8) is 0 Å². The number of nitrogens with one attached hydrogen (secondary N) is 3. The molecule has 6 heteroatoms. The van der Waals surface area contributed by atoms with Gasteiger partial charge in [0.1, 0.15) is 12.2 Å². The molecule has 17 heavy (non-hydrogen) atoms. The second-order valence-electron chi connectivity index (χ2n) is 4.56. The Bertz CT molecular complexity index is 345. The minimum absolute atomic E-state index is 0.0980. The fraction of sp³-hybridized carbons (Fsp3) is 0.727. The van der Waals surface area contributed by atoms with E-state index in [-0.39, 0.29) is 11.9 Å². The summed E-state index contributed by atoms with van der Waals surface area (Å²) in [7, 11) is 0. The highest BCUT2D eigenvalue weighted by Gasteiger charge is 2.18. The standard InChI is InChI=1S/C11H19N5O/c1-8(11-13-7-14-16-11)15-10(17)6-9-2-4-12-5-3-9/h7-9,12H,2-6H2,1H3,(H,15,17)(H,13,14,16). The summed E-state index contributed by atoms with van der Waals surface area (Å²) in [6, 6.07) is -0.105. The Morgan fingerprint density at radius 2 is 2.35 bits per heavy atom. The highest BCUT2D eigenvalue weighted by Crippen LogP contribution is 2.16. The lowest BCUT2D eigenvalue weighted by molar-refractivity contribution is -0.122. The van der Waals surface area contributed by atoms with Crippen LogP contribution in [0, 0.1) is 5.92 Å². The molecule has 1 atom stereocenters. The molecular formula is C11H19N5O. The summed E-state index contributed by atoms with van der Waals surface area (Å²) in [6.45, 7) is 3.95. The molecule has 1 fully saturated rings. The van der Waals surface area contributed by atoms with Crippen LogP contribution in [0.25, 0.3) is 0 Å². The number of amides is 1. The van der Waals surface area contributed by atoms with Crippen molar-refractivity contribution in [2.24, 2.45) is 5.92 Å². The third-order valence-electron chi connectivity index (χ3n) is 3.15.